The summed E-state index contributed by atoms with van der Waals surface area (Å²) < 4.78 is 16.5. The standard InChI is InChI=1S/C28H48O4/c1-3-5-6-7-8-9-10-11-12-13-14-15-16-20-23-27(30-4-2)28(29)32-25-24-31-26-21-18-17-19-22-26/h17-19,21-22,27H,3-16,20,23-25H2,1-2H3. The number of esters is 1. The molecule has 0 saturated heterocycles. The number of carbonyl (C=O) groups excluding carboxylic acids is 1. The topological polar surface area (TPSA) is 44.8 Å². The molecular formula is C28H48O4. The Labute approximate surface area is 197 Å². The Balaban J connectivity index is 1.97. The first-order valence-corrected chi connectivity index (χ1v) is 13.2. The van der Waals surface area contributed by atoms with E-state index in [1.165, 1.54) is 77.0 Å². The Morgan fingerprint density at radius 3 is 1.78 bits per heavy atom. The lowest BCUT2D eigenvalue weighted by Crippen LogP contribution is -2.28. The maximum Gasteiger partial charge on any atom is 0.335 e. The first-order chi connectivity index (χ1) is 15.8. The molecule has 4 heteroatoms. The van der Waals surface area contributed by atoms with E-state index < -0.39 is 6.10 Å². The normalized spacial score (nSPS) is 11.9. The van der Waals surface area contributed by atoms with Crippen molar-refractivity contribution in [1.29, 1.82) is 0 Å². The van der Waals surface area contributed by atoms with E-state index >= 15 is 0 Å². The van der Waals surface area contributed by atoms with E-state index in [-0.39, 0.29) is 12.6 Å². The highest BCUT2D eigenvalue weighted by Crippen LogP contribution is 2.15. The molecule has 1 aromatic rings. The fourth-order valence-corrected chi connectivity index (χ4v) is 3.91. The van der Waals surface area contributed by atoms with Gasteiger partial charge in [-0.25, -0.2) is 4.79 Å². The van der Waals surface area contributed by atoms with Gasteiger partial charge in [-0.2, -0.15) is 0 Å². The lowest BCUT2D eigenvalue weighted by molar-refractivity contribution is -0.158. The summed E-state index contributed by atoms with van der Waals surface area (Å²) >= 11 is 0. The van der Waals surface area contributed by atoms with Gasteiger partial charge >= 0.3 is 5.97 Å². The number of benzene rings is 1. The summed E-state index contributed by atoms with van der Waals surface area (Å²) in [6, 6.07) is 9.56. The van der Waals surface area contributed by atoms with E-state index in [2.05, 4.69) is 6.92 Å². The van der Waals surface area contributed by atoms with Crippen molar-refractivity contribution in [1.82, 2.24) is 0 Å². The average molecular weight is 449 g/mol. The molecule has 1 atom stereocenters. The van der Waals surface area contributed by atoms with Crippen LogP contribution in [0.5, 0.6) is 5.75 Å². The molecule has 0 fully saturated rings. The predicted octanol–water partition coefficient (Wildman–Crippen LogP) is 7.89. The van der Waals surface area contributed by atoms with Crippen molar-refractivity contribution in [2.24, 2.45) is 0 Å². The fourth-order valence-electron chi connectivity index (χ4n) is 3.91. The molecule has 4 nitrogen and oxygen atoms in total. The first-order valence-electron chi connectivity index (χ1n) is 13.2. The average Bonchev–Trinajstić information content (AvgIpc) is 2.82. The Hall–Kier alpha value is -1.55. The van der Waals surface area contributed by atoms with E-state index in [0.29, 0.717) is 13.2 Å². The molecule has 0 heterocycles. The molecule has 0 spiro atoms. The van der Waals surface area contributed by atoms with Crippen LogP contribution in [0, 0.1) is 0 Å². The number of hydrogen-bond donors (Lipinski definition) is 0. The van der Waals surface area contributed by atoms with Crippen LogP contribution >= 0.6 is 0 Å². The maximum absolute atomic E-state index is 12.3. The van der Waals surface area contributed by atoms with Crippen LogP contribution in [0.3, 0.4) is 0 Å². The molecule has 0 aliphatic carbocycles. The summed E-state index contributed by atoms with van der Waals surface area (Å²) in [6.45, 7) is 5.32. The lowest BCUT2D eigenvalue weighted by atomic mass is 10.0. The molecule has 0 aliphatic rings. The highest BCUT2D eigenvalue weighted by Gasteiger charge is 2.19. The number of rotatable bonds is 22. The van der Waals surface area contributed by atoms with Crippen LogP contribution in [0.4, 0.5) is 0 Å². The fraction of sp³-hybridized carbons (Fsp3) is 0.750. The van der Waals surface area contributed by atoms with Gasteiger partial charge in [0.15, 0.2) is 6.10 Å². The minimum atomic E-state index is -0.450. The van der Waals surface area contributed by atoms with Crippen LogP contribution in [0.15, 0.2) is 30.3 Å². The maximum atomic E-state index is 12.3. The highest BCUT2D eigenvalue weighted by molar-refractivity contribution is 5.74. The van der Waals surface area contributed by atoms with Gasteiger partial charge in [-0.1, -0.05) is 115 Å². The summed E-state index contributed by atoms with van der Waals surface area (Å²) in [5.41, 5.74) is 0. The molecule has 1 rings (SSSR count). The zero-order valence-corrected chi connectivity index (χ0v) is 20.8. The number of ether oxygens (including phenoxy) is 3. The molecule has 0 amide bonds. The zero-order valence-electron chi connectivity index (χ0n) is 20.8. The van der Waals surface area contributed by atoms with Crippen LogP contribution in [0.2, 0.25) is 0 Å². The molecule has 0 radical (unpaired) electrons. The van der Waals surface area contributed by atoms with E-state index in [9.17, 15) is 4.79 Å². The summed E-state index contributed by atoms with van der Waals surface area (Å²) in [4.78, 5) is 12.3. The van der Waals surface area contributed by atoms with Gasteiger partial charge in [0, 0.05) is 6.61 Å². The van der Waals surface area contributed by atoms with E-state index in [0.717, 1.165) is 25.0 Å². The van der Waals surface area contributed by atoms with Gasteiger partial charge in [-0.15, -0.1) is 0 Å². The number of hydrogen-bond acceptors (Lipinski definition) is 4. The van der Waals surface area contributed by atoms with Crippen molar-refractivity contribution in [2.75, 3.05) is 19.8 Å². The van der Waals surface area contributed by atoms with Crippen molar-refractivity contribution < 1.29 is 19.0 Å². The Morgan fingerprint density at radius 1 is 0.719 bits per heavy atom. The van der Waals surface area contributed by atoms with Crippen LogP contribution < -0.4 is 4.74 Å². The summed E-state index contributed by atoms with van der Waals surface area (Å²) in [5.74, 6) is 0.519. The van der Waals surface area contributed by atoms with Gasteiger partial charge in [-0.3, -0.25) is 0 Å². The van der Waals surface area contributed by atoms with Gasteiger partial charge in [0.2, 0.25) is 0 Å². The Morgan fingerprint density at radius 2 is 1.25 bits per heavy atom. The molecule has 0 bridgehead atoms. The van der Waals surface area contributed by atoms with Crippen molar-refractivity contribution >= 4 is 5.97 Å². The molecule has 1 unspecified atom stereocenters. The number of unbranched alkanes of at least 4 members (excludes halogenated alkanes) is 13. The lowest BCUT2D eigenvalue weighted by Gasteiger charge is -2.16. The molecular weight excluding hydrogens is 400 g/mol. The van der Waals surface area contributed by atoms with Gasteiger partial charge < -0.3 is 14.2 Å². The van der Waals surface area contributed by atoms with Gasteiger partial charge in [0.25, 0.3) is 0 Å². The molecule has 0 N–H and O–H groups in total. The number of para-hydroxylation sites is 1. The zero-order chi connectivity index (χ0) is 23.1. The predicted molar refractivity (Wildman–Crippen MR) is 133 cm³/mol. The van der Waals surface area contributed by atoms with Crippen molar-refractivity contribution in [3.8, 4) is 5.75 Å². The minimum Gasteiger partial charge on any atom is -0.490 e. The molecule has 32 heavy (non-hydrogen) atoms. The second-order valence-electron chi connectivity index (χ2n) is 8.66. The molecule has 184 valence electrons. The SMILES string of the molecule is CCCCCCCCCCCCCCCCC(OCC)C(=O)OCCOc1ccccc1. The highest BCUT2D eigenvalue weighted by atomic mass is 16.6. The van der Waals surface area contributed by atoms with E-state index in [4.69, 9.17) is 14.2 Å². The van der Waals surface area contributed by atoms with E-state index in [1.54, 1.807) is 0 Å². The molecule has 0 aromatic heterocycles. The third-order valence-corrected chi connectivity index (χ3v) is 5.79. The third-order valence-electron chi connectivity index (χ3n) is 5.79. The monoisotopic (exact) mass is 448 g/mol. The summed E-state index contributed by atoms with van der Waals surface area (Å²) in [7, 11) is 0. The van der Waals surface area contributed by atoms with Crippen LogP contribution in [-0.4, -0.2) is 31.9 Å². The minimum absolute atomic E-state index is 0.246. The second-order valence-corrected chi connectivity index (χ2v) is 8.66. The Bertz CT molecular complexity index is 531. The van der Waals surface area contributed by atoms with Gasteiger partial charge in [0.05, 0.1) is 0 Å². The summed E-state index contributed by atoms with van der Waals surface area (Å²) in [5, 5.41) is 0. The Kier molecular flexibility index (Phi) is 19.0. The first kappa shape index (κ1) is 28.5. The van der Waals surface area contributed by atoms with Crippen molar-refractivity contribution in [3.63, 3.8) is 0 Å². The van der Waals surface area contributed by atoms with Crippen molar-refractivity contribution in [3.05, 3.63) is 30.3 Å². The van der Waals surface area contributed by atoms with E-state index in [1.807, 2.05) is 37.3 Å². The smallest absolute Gasteiger partial charge is 0.335 e. The summed E-state index contributed by atoms with van der Waals surface area (Å²) in [6.07, 6.45) is 18.9. The van der Waals surface area contributed by atoms with Crippen LogP contribution in [-0.2, 0) is 14.3 Å². The van der Waals surface area contributed by atoms with Gasteiger partial charge in [0.1, 0.15) is 19.0 Å². The molecule has 1 aromatic carbocycles. The largest absolute Gasteiger partial charge is 0.490 e. The van der Waals surface area contributed by atoms with Gasteiger partial charge in [-0.05, 0) is 25.5 Å². The number of carbonyl (C=O) groups is 1. The second kappa shape index (κ2) is 21.3. The molecule has 0 saturated carbocycles. The quantitative estimate of drug-likeness (QED) is 0.134. The van der Waals surface area contributed by atoms with Crippen LogP contribution in [0.25, 0.3) is 0 Å². The third kappa shape index (κ3) is 16.1. The van der Waals surface area contributed by atoms with Crippen LogP contribution in [0.1, 0.15) is 110 Å². The molecule has 0 aliphatic heterocycles. The van der Waals surface area contributed by atoms with Crippen molar-refractivity contribution in [2.45, 2.75) is 116 Å².